The molecule has 0 saturated heterocycles. The molecule has 5 nitrogen and oxygen atoms in total. The summed E-state index contributed by atoms with van der Waals surface area (Å²) in [6.45, 7) is 2.66. The number of sulfone groups is 1. The van der Waals surface area contributed by atoms with Crippen molar-refractivity contribution in [1.29, 1.82) is 0 Å². The van der Waals surface area contributed by atoms with Crippen molar-refractivity contribution in [3.63, 3.8) is 0 Å². The maximum absolute atomic E-state index is 12.6. The summed E-state index contributed by atoms with van der Waals surface area (Å²) in [4.78, 5) is 17.1. The topological polar surface area (TPSA) is 66.5 Å². The second kappa shape index (κ2) is 6.57. The molecule has 2 aromatic rings. The number of amides is 2. The molecule has 0 spiro atoms. The van der Waals surface area contributed by atoms with E-state index in [1.165, 1.54) is 28.1 Å². The summed E-state index contributed by atoms with van der Waals surface area (Å²) >= 11 is 1.70. The van der Waals surface area contributed by atoms with Gasteiger partial charge in [-0.25, -0.2) is 13.2 Å². The molecular weight excluding hydrogens is 344 g/mol. The van der Waals surface area contributed by atoms with Crippen molar-refractivity contribution in [3.8, 4) is 0 Å². The van der Waals surface area contributed by atoms with E-state index in [-0.39, 0.29) is 10.9 Å². The number of carbonyl (C=O) groups excluding carboxylic acids is 1. The van der Waals surface area contributed by atoms with Crippen LogP contribution in [-0.2, 0) is 16.4 Å². The van der Waals surface area contributed by atoms with Crippen LogP contribution in [0.4, 0.5) is 10.5 Å². The molecule has 0 aliphatic heterocycles. The van der Waals surface area contributed by atoms with Crippen molar-refractivity contribution in [3.05, 3.63) is 46.2 Å². The Bertz CT molecular complexity index is 837. The Labute approximate surface area is 146 Å². The molecular formula is C17H20N2O3S2. The molecule has 2 amide bonds. The van der Waals surface area contributed by atoms with Crippen LogP contribution in [0, 0.1) is 6.92 Å². The molecule has 1 aromatic carbocycles. The first-order valence-electron chi connectivity index (χ1n) is 7.76. The largest absolute Gasteiger partial charge is 0.322 e. The smallest absolute Gasteiger partial charge is 0.316 e. The Morgan fingerprint density at radius 2 is 1.88 bits per heavy atom. The van der Waals surface area contributed by atoms with E-state index in [4.69, 9.17) is 0 Å². The summed E-state index contributed by atoms with van der Waals surface area (Å²) in [6.07, 6.45) is 3.23. The molecule has 1 aliphatic carbocycles. The number of nitrogens with one attached hydrogen (secondary N) is 1. The fourth-order valence-electron chi connectivity index (χ4n) is 2.47. The van der Waals surface area contributed by atoms with Gasteiger partial charge < -0.3 is 10.2 Å². The van der Waals surface area contributed by atoms with Gasteiger partial charge in [0.05, 0.1) is 11.4 Å². The van der Waals surface area contributed by atoms with Crippen LogP contribution >= 0.6 is 11.3 Å². The fraction of sp³-hybridized carbons (Fsp3) is 0.353. The minimum Gasteiger partial charge on any atom is -0.316 e. The molecule has 7 heteroatoms. The zero-order chi connectivity index (χ0) is 17.3. The van der Waals surface area contributed by atoms with E-state index >= 15 is 0 Å². The first-order chi connectivity index (χ1) is 11.3. The van der Waals surface area contributed by atoms with Gasteiger partial charge in [0.25, 0.3) is 0 Å². The van der Waals surface area contributed by atoms with Crippen molar-refractivity contribution in [2.45, 2.75) is 37.2 Å². The average molecular weight is 364 g/mol. The summed E-state index contributed by atoms with van der Waals surface area (Å²) in [5, 5.41) is 2.87. The lowest BCUT2D eigenvalue weighted by Crippen LogP contribution is -2.36. The van der Waals surface area contributed by atoms with Crippen molar-refractivity contribution in [1.82, 2.24) is 4.90 Å². The van der Waals surface area contributed by atoms with Gasteiger partial charge in [-0.1, -0.05) is 0 Å². The van der Waals surface area contributed by atoms with Crippen molar-refractivity contribution >= 4 is 32.9 Å². The van der Waals surface area contributed by atoms with Gasteiger partial charge in [0.2, 0.25) is 0 Å². The quantitative estimate of drug-likeness (QED) is 0.880. The number of hydrogen-bond donors (Lipinski definition) is 1. The van der Waals surface area contributed by atoms with E-state index in [0.29, 0.717) is 18.3 Å². The van der Waals surface area contributed by atoms with Crippen LogP contribution in [0.15, 0.2) is 41.3 Å². The Morgan fingerprint density at radius 1 is 1.21 bits per heavy atom. The molecule has 1 fully saturated rings. The van der Waals surface area contributed by atoms with E-state index in [9.17, 15) is 13.2 Å². The molecule has 1 aliphatic rings. The van der Waals surface area contributed by atoms with Gasteiger partial charge in [0, 0.05) is 27.7 Å². The second-order valence-electron chi connectivity index (χ2n) is 6.10. The number of benzene rings is 1. The molecule has 0 unspecified atom stereocenters. The van der Waals surface area contributed by atoms with Crippen LogP contribution in [0.5, 0.6) is 0 Å². The minimum absolute atomic E-state index is 0.143. The highest BCUT2D eigenvalue weighted by atomic mass is 32.2. The minimum atomic E-state index is -3.23. The molecule has 128 valence electrons. The van der Waals surface area contributed by atoms with Gasteiger partial charge in [-0.2, -0.15) is 0 Å². The van der Waals surface area contributed by atoms with E-state index in [1.54, 1.807) is 23.5 Å². The fourth-order valence-corrected chi connectivity index (χ4v) is 3.99. The van der Waals surface area contributed by atoms with Gasteiger partial charge >= 0.3 is 6.03 Å². The SMILES string of the molecule is Cc1ccc(CN(C(=O)Nc2ccc(S(C)(=O)=O)cc2)C2CC2)s1. The zero-order valence-electron chi connectivity index (χ0n) is 13.7. The standard InChI is InChI=1S/C17H20N2O3S2/c1-12-3-8-15(23-12)11-19(14-6-7-14)17(20)18-13-4-9-16(10-5-13)24(2,21)22/h3-5,8-10,14H,6-7,11H2,1-2H3,(H,18,20). The highest BCUT2D eigenvalue weighted by Gasteiger charge is 2.32. The molecule has 0 atom stereocenters. The lowest BCUT2D eigenvalue weighted by Gasteiger charge is -2.22. The third kappa shape index (κ3) is 4.15. The molecule has 3 rings (SSSR count). The molecule has 0 radical (unpaired) electrons. The van der Waals surface area contributed by atoms with Gasteiger partial charge in [-0.3, -0.25) is 0 Å². The third-order valence-corrected chi connectivity index (χ3v) is 6.02. The van der Waals surface area contributed by atoms with Crippen molar-refractivity contribution in [2.75, 3.05) is 11.6 Å². The Balaban J connectivity index is 1.69. The Kier molecular flexibility index (Phi) is 4.64. The predicted octanol–water partition coefficient (Wildman–Crippen LogP) is 3.66. The monoisotopic (exact) mass is 364 g/mol. The van der Waals surface area contributed by atoms with Crippen LogP contribution in [0.1, 0.15) is 22.6 Å². The summed E-state index contributed by atoms with van der Waals surface area (Å²) in [5.74, 6) is 0. The number of aryl methyl sites for hydroxylation is 1. The van der Waals surface area contributed by atoms with Gasteiger partial charge in [-0.05, 0) is 56.2 Å². The number of urea groups is 1. The van der Waals surface area contributed by atoms with Crippen LogP contribution in [0.3, 0.4) is 0 Å². The number of rotatable bonds is 5. The van der Waals surface area contributed by atoms with Crippen molar-refractivity contribution < 1.29 is 13.2 Å². The number of nitrogens with zero attached hydrogens (tertiary/aromatic N) is 1. The summed E-state index contributed by atoms with van der Waals surface area (Å²) in [7, 11) is -3.23. The van der Waals surface area contributed by atoms with Crippen LogP contribution in [-0.4, -0.2) is 31.6 Å². The Hall–Kier alpha value is -1.86. The lowest BCUT2D eigenvalue weighted by molar-refractivity contribution is 0.206. The molecule has 1 saturated carbocycles. The summed E-state index contributed by atoms with van der Waals surface area (Å²) < 4.78 is 23.0. The molecule has 0 bridgehead atoms. The molecule has 24 heavy (non-hydrogen) atoms. The number of hydrogen-bond acceptors (Lipinski definition) is 4. The average Bonchev–Trinajstić information content (AvgIpc) is 3.27. The second-order valence-corrected chi connectivity index (χ2v) is 9.49. The van der Waals surface area contributed by atoms with E-state index < -0.39 is 9.84 Å². The number of anilines is 1. The van der Waals surface area contributed by atoms with Crippen LogP contribution in [0.25, 0.3) is 0 Å². The zero-order valence-corrected chi connectivity index (χ0v) is 15.3. The van der Waals surface area contributed by atoms with E-state index in [0.717, 1.165) is 12.8 Å². The maximum Gasteiger partial charge on any atom is 0.322 e. The lowest BCUT2D eigenvalue weighted by atomic mass is 10.3. The third-order valence-electron chi connectivity index (χ3n) is 3.90. The van der Waals surface area contributed by atoms with E-state index in [1.807, 2.05) is 4.90 Å². The summed E-state index contributed by atoms with van der Waals surface area (Å²) in [5.41, 5.74) is 0.598. The van der Waals surface area contributed by atoms with E-state index in [2.05, 4.69) is 24.4 Å². The first-order valence-corrected chi connectivity index (χ1v) is 10.5. The maximum atomic E-state index is 12.6. The number of carbonyl (C=O) groups is 1. The van der Waals surface area contributed by atoms with Crippen LogP contribution in [0.2, 0.25) is 0 Å². The normalized spacial score (nSPS) is 14.4. The van der Waals surface area contributed by atoms with Gasteiger partial charge in [0.15, 0.2) is 9.84 Å². The number of thiophene rings is 1. The predicted molar refractivity (Wildman–Crippen MR) is 96.2 cm³/mol. The van der Waals surface area contributed by atoms with Gasteiger partial charge in [-0.15, -0.1) is 11.3 Å². The summed E-state index contributed by atoms with van der Waals surface area (Å²) in [6, 6.07) is 10.5. The molecule has 1 heterocycles. The van der Waals surface area contributed by atoms with Crippen molar-refractivity contribution in [2.24, 2.45) is 0 Å². The molecule has 1 N–H and O–H groups in total. The van der Waals surface area contributed by atoms with Gasteiger partial charge in [0.1, 0.15) is 0 Å². The first kappa shape index (κ1) is 17.0. The highest BCUT2D eigenvalue weighted by Crippen LogP contribution is 2.30. The van der Waals surface area contributed by atoms with Crippen LogP contribution < -0.4 is 5.32 Å². The Morgan fingerprint density at radius 3 is 2.38 bits per heavy atom. The highest BCUT2D eigenvalue weighted by molar-refractivity contribution is 7.90. The molecule has 1 aromatic heterocycles.